The van der Waals surface area contributed by atoms with Gasteiger partial charge in [-0.25, -0.2) is 9.67 Å². The predicted molar refractivity (Wildman–Crippen MR) is 135 cm³/mol. The molecule has 0 saturated heterocycles. The molecule has 0 aliphatic rings. The van der Waals surface area contributed by atoms with Crippen LogP contribution in [0.25, 0.3) is 22.3 Å². The zero-order valence-electron chi connectivity index (χ0n) is 20.2. The lowest BCUT2D eigenvalue weighted by molar-refractivity contribution is -0.116. The average Bonchev–Trinajstić information content (AvgIpc) is 3.26. The number of aryl methyl sites for hydroxylation is 1. The van der Waals surface area contributed by atoms with E-state index in [4.69, 9.17) is 4.98 Å². The zero-order chi connectivity index (χ0) is 24.4. The van der Waals surface area contributed by atoms with Crippen molar-refractivity contribution in [3.63, 3.8) is 0 Å². The Bertz CT molecular complexity index is 1360. The van der Waals surface area contributed by atoms with E-state index >= 15 is 0 Å². The van der Waals surface area contributed by atoms with Crippen LogP contribution >= 0.6 is 0 Å². The molecular formula is C27H29N5O2. The Labute approximate surface area is 199 Å². The van der Waals surface area contributed by atoms with E-state index in [9.17, 15) is 9.59 Å². The minimum absolute atomic E-state index is 0.0744. The van der Waals surface area contributed by atoms with E-state index < -0.39 is 0 Å². The van der Waals surface area contributed by atoms with Crippen LogP contribution in [0.15, 0.2) is 60.8 Å². The molecule has 0 unspecified atom stereocenters. The van der Waals surface area contributed by atoms with E-state index in [1.807, 2.05) is 80.9 Å². The van der Waals surface area contributed by atoms with Crippen LogP contribution in [0.1, 0.15) is 41.4 Å². The van der Waals surface area contributed by atoms with Gasteiger partial charge in [-0.15, -0.1) is 0 Å². The molecule has 2 heterocycles. The van der Waals surface area contributed by atoms with Gasteiger partial charge in [0.1, 0.15) is 0 Å². The first-order valence-electron chi connectivity index (χ1n) is 11.3. The number of nitrogens with one attached hydrogen (secondary N) is 1. The normalized spacial score (nSPS) is 11.1. The first-order chi connectivity index (χ1) is 16.3. The molecule has 34 heavy (non-hydrogen) atoms. The number of fused-ring (bicyclic) bond motifs is 1. The Hall–Kier alpha value is -4.00. The fourth-order valence-electron chi connectivity index (χ4n) is 3.90. The van der Waals surface area contributed by atoms with Gasteiger partial charge in [0, 0.05) is 24.3 Å². The quantitative estimate of drug-likeness (QED) is 0.443. The molecule has 0 fully saturated rings. The van der Waals surface area contributed by atoms with Crippen molar-refractivity contribution in [1.82, 2.24) is 19.7 Å². The second kappa shape index (κ2) is 9.47. The number of carbonyl (C=O) groups excluding carboxylic acids is 2. The van der Waals surface area contributed by atoms with Gasteiger partial charge < -0.3 is 10.2 Å². The minimum Gasteiger partial charge on any atom is -0.332 e. The molecule has 2 amide bonds. The molecule has 174 valence electrons. The highest BCUT2D eigenvalue weighted by molar-refractivity contribution is 6.08. The smallest absolute Gasteiger partial charge is 0.254 e. The number of rotatable bonds is 6. The van der Waals surface area contributed by atoms with Crippen LogP contribution in [0.4, 0.5) is 5.69 Å². The average molecular weight is 456 g/mol. The van der Waals surface area contributed by atoms with Gasteiger partial charge >= 0.3 is 0 Å². The lowest BCUT2D eigenvalue weighted by Crippen LogP contribution is -2.35. The molecule has 2 aromatic carbocycles. The van der Waals surface area contributed by atoms with Crippen LogP contribution in [0.3, 0.4) is 0 Å². The van der Waals surface area contributed by atoms with Crippen molar-refractivity contribution in [3.8, 4) is 11.3 Å². The molecular weight excluding hydrogens is 426 g/mol. The topological polar surface area (TPSA) is 80.1 Å². The summed E-state index contributed by atoms with van der Waals surface area (Å²) in [5.74, 6) is -0.514. The largest absolute Gasteiger partial charge is 0.332 e. The number of aromatic nitrogens is 3. The highest BCUT2D eigenvalue weighted by atomic mass is 16.2. The Balaban J connectivity index is 1.65. The third-order valence-electron chi connectivity index (χ3n) is 5.96. The first-order valence-corrected chi connectivity index (χ1v) is 11.3. The number of amides is 2. The minimum atomic E-state index is -0.260. The van der Waals surface area contributed by atoms with Crippen LogP contribution in [-0.4, -0.2) is 45.1 Å². The van der Waals surface area contributed by atoms with E-state index in [0.29, 0.717) is 22.3 Å². The SMILES string of the molecule is Cc1cccc(NC(=O)CN(C)C(=O)c2cc(-c3ccccc3)nc3c2cnn3C(C)C)c1C. The van der Waals surface area contributed by atoms with Crippen molar-refractivity contribution in [1.29, 1.82) is 0 Å². The molecule has 0 aliphatic heterocycles. The summed E-state index contributed by atoms with van der Waals surface area (Å²) in [5.41, 5.74) is 5.57. The monoisotopic (exact) mass is 455 g/mol. The van der Waals surface area contributed by atoms with Gasteiger partial charge in [0.25, 0.3) is 5.91 Å². The Morgan fingerprint density at radius 1 is 1.06 bits per heavy atom. The third-order valence-corrected chi connectivity index (χ3v) is 5.96. The molecule has 7 heteroatoms. The molecule has 0 atom stereocenters. The lowest BCUT2D eigenvalue weighted by atomic mass is 10.1. The summed E-state index contributed by atoms with van der Waals surface area (Å²) in [6.07, 6.45) is 1.67. The van der Waals surface area contributed by atoms with E-state index in [2.05, 4.69) is 10.4 Å². The van der Waals surface area contributed by atoms with Gasteiger partial charge in [-0.1, -0.05) is 42.5 Å². The van der Waals surface area contributed by atoms with E-state index in [-0.39, 0.29) is 24.4 Å². The molecule has 0 bridgehead atoms. The van der Waals surface area contributed by atoms with E-state index in [0.717, 1.165) is 22.4 Å². The maximum absolute atomic E-state index is 13.5. The molecule has 4 aromatic rings. The number of benzene rings is 2. The van der Waals surface area contributed by atoms with Crippen LogP contribution in [-0.2, 0) is 4.79 Å². The van der Waals surface area contributed by atoms with E-state index in [1.165, 1.54) is 4.90 Å². The Morgan fingerprint density at radius 2 is 1.79 bits per heavy atom. The summed E-state index contributed by atoms with van der Waals surface area (Å²) in [6, 6.07) is 17.4. The van der Waals surface area contributed by atoms with Gasteiger partial charge in [0.2, 0.25) is 5.91 Å². The van der Waals surface area contributed by atoms with Gasteiger partial charge in [-0.05, 0) is 51.0 Å². The first kappa shape index (κ1) is 23.2. The van der Waals surface area contributed by atoms with Crippen molar-refractivity contribution in [2.75, 3.05) is 18.9 Å². The lowest BCUT2D eigenvalue weighted by Gasteiger charge is -2.19. The van der Waals surface area contributed by atoms with Crippen molar-refractivity contribution in [2.45, 2.75) is 33.7 Å². The maximum atomic E-state index is 13.5. The molecule has 1 N–H and O–H groups in total. The number of anilines is 1. The van der Waals surface area contributed by atoms with Crippen LogP contribution in [0, 0.1) is 13.8 Å². The number of hydrogen-bond donors (Lipinski definition) is 1. The molecule has 0 spiro atoms. The van der Waals surface area contributed by atoms with Crippen molar-refractivity contribution < 1.29 is 9.59 Å². The summed E-state index contributed by atoms with van der Waals surface area (Å²) < 4.78 is 1.81. The van der Waals surface area contributed by atoms with Gasteiger partial charge in [-0.2, -0.15) is 5.10 Å². The van der Waals surface area contributed by atoms with Crippen molar-refractivity contribution in [3.05, 3.63) is 77.5 Å². The fourth-order valence-corrected chi connectivity index (χ4v) is 3.90. The summed E-state index contributed by atoms with van der Waals surface area (Å²) in [7, 11) is 1.63. The van der Waals surface area contributed by atoms with Crippen molar-refractivity contribution >= 4 is 28.5 Å². The molecule has 0 radical (unpaired) electrons. The highest BCUT2D eigenvalue weighted by Gasteiger charge is 2.22. The third kappa shape index (κ3) is 4.55. The van der Waals surface area contributed by atoms with E-state index in [1.54, 1.807) is 19.3 Å². The molecule has 7 nitrogen and oxygen atoms in total. The molecule has 2 aromatic heterocycles. The number of hydrogen-bond acceptors (Lipinski definition) is 4. The summed E-state index contributed by atoms with van der Waals surface area (Å²) in [5, 5.41) is 8.06. The molecule has 0 saturated carbocycles. The van der Waals surface area contributed by atoms with Crippen LogP contribution in [0.5, 0.6) is 0 Å². The maximum Gasteiger partial charge on any atom is 0.254 e. The second-order valence-electron chi connectivity index (χ2n) is 8.80. The van der Waals surface area contributed by atoms with Crippen LogP contribution in [0.2, 0.25) is 0 Å². The Morgan fingerprint density at radius 3 is 2.50 bits per heavy atom. The molecule has 0 aliphatic carbocycles. The number of pyridine rings is 1. The van der Waals surface area contributed by atoms with Crippen LogP contribution < -0.4 is 5.32 Å². The van der Waals surface area contributed by atoms with Gasteiger partial charge in [0.05, 0.1) is 29.4 Å². The number of likely N-dealkylation sites (N-methyl/N-ethyl adjacent to an activating group) is 1. The zero-order valence-corrected chi connectivity index (χ0v) is 20.2. The van der Waals surface area contributed by atoms with Gasteiger partial charge in [0.15, 0.2) is 5.65 Å². The summed E-state index contributed by atoms with van der Waals surface area (Å²) in [6.45, 7) is 7.93. The highest BCUT2D eigenvalue weighted by Crippen LogP contribution is 2.27. The second-order valence-corrected chi connectivity index (χ2v) is 8.80. The standard InChI is InChI=1S/C27H29N5O2/c1-17(2)32-26-22(15-28-32)21(14-24(30-26)20-11-7-6-8-12-20)27(34)31(5)16-25(33)29-23-13-9-10-18(3)19(23)4/h6-15,17H,16H2,1-5H3,(H,29,33). The number of nitrogens with zero attached hydrogens (tertiary/aromatic N) is 4. The summed E-state index contributed by atoms with van der Waals surface area (Å²) in [4.78, 5) is 32.5. The molecule has 4 rings (SSSR count). The fraction of sp³-hybridized carbons (Fsp3) is 0.259. The summed E-state index contributed by atoms with van der Waals surface area (Å²) >= 11 is 0. The Kier molecular flexibility index (Phi) is 6.45. The number of carbonyl (C=O) groups is 2. The predicted octanol–water partition coefficient (Wildman–Crippen LogP) is 5.01. The van der Waals surface area contributed by atoms with Crippen molar-refractivity contribution in [2.24, 2.45) is 0 Å². The van der Waals surface area contributed by atoms with Gasteiger partial charge in [-0.3, -0.25) is 9.59 Å².